The lowest BCUT2D eigenvalue weighted by atomic mass is 10.1. The smallest absolute Gasteiger partial charge is 0.264 e. The highest BCUT2D eigenvalue weighted by atomic mass is 32.2. The highest BCUT2D eigenvalue weighted by molar-refractivity contribution is 7.92. The molecule has 0 aromatic heterocycles. The van der Waals surface area contributed by atoms with Crippen molar-refractivity contribution in [3.63, 3.8) is 0 Å². The number of sulfonamides is 2. The molecular formula is C26H29N3O5S2. The van der Waals surface area contributed by atoms with Gasteiger partial charge in [-0.1, -0.05) is 35.9 Å². The predicted octanol–water partition coefficient (Wildman–Crippen LogP) is 3.34. The van der Waals surface area contributed by atoms with Crippen LogP contribution in [0, 0.1) is 13.8 Å². The second-order valence-corrected chi connectivity index (χ2v) is 13.0. The van der Waals surface area contributed by atoms with Gasteiger partial charge in [-0.3, -0.25) is 9.10 Å². The fourth-order valence-corrected chi connectivity index (χ4v) is 6.77. The summed E-state index contributed by atoms with van der Waals surface area (Å²) >= 11 is 0. The van der Waals surface area contributed by atoms with E-state index in [0.717, 1.165) is 25.3 Å². The van der Waals surface area contributed by atoms with Gasteiger partial charge >= 0.3 is 0 Å². The van der Waals surface area contributed by atoms with Gasteiger partial charge in [-0.2, -0.15) is 0 Å². The van der Waals surface area contributed by atoms with Crippen LogP contribution >= 0.6 is 0 Å². The summed E-state index contributed by atoms with van der Waals surface area (Å²) in [5.74, 6) is -0.392. The average Bonchev–Trinajstić information content (AvgIpc) is 3.27. The van der Waals surface area contributed by atoms with Crippen molar-refractivity contribution in [2.75, 3.05) is 36.4 Å². The molecule has 4 rings (SSSR count). The first-order chi connectivity index (χ1) is 16.9. The van der Waals surface area contributed by atoms with E-state index >= 15 is 0 Å². The van der Waals surface area contributed by atoms with E-state index in [1.807, 2.05) is 26.0 Å². The van der Waals surface area contributed by atoms with E-state index < -0.39 is 32.5 Å². The number of anilines is 2. The lowest BCUT2D eigenvalue weighted by Gasteiger charge is -2.28. The molecule has 36 heavy (non-hydrogen) atoms. The molecule has 1 amide bonds. The first-order valence-electron chi connectivity index (χ1n) is 11.4. The Balaban J connectivity index is 1.70. The van der Waals surface area contributed by atoms with Crippen LogP contribution in [-0.2, 0) is 31.3 Å². The number of hydrogen-bond donors (Lipinski definition) is 0. The molecule has 3 aromatic rings. The van der Waals surface area contributed by atoms with Gasteiger partial charge in [-0.25, -0.2) is 21.1 Å². The third-order valence-electron chi connectivity index (χ3n) is 6.26. The van der Waals surface area contributed by atoms with E-state index in [4.69, 9.17) is 0 Å². The third-order valence-corrected chi connectivity index (χ3v) is 9.84. The van der Waals surface area contributed by atoms with Gasteiger partial charge in [0.25, 0.3) is 10.0 Å². The van der Waals surface area contributed by atoms with Crippen LogP contribution in [0.25, 0.3) is 0 Å². The molecule has 0 fully saturated rings. The number of carbonyl (C=O) groups is 1. The Morgan fingerprint density at radius 1 is 0.861 bits per heavy atom. The van der Waals surface area contributed by atoms with Crippen LogP contribution in [0.3, 0.4) is 0 Å². The molecule has 0 atom stereocenters. The van der Waals surface area contributed by atoms with Crippen LogP contribution in [0.5, 0.6) is 0 Å². The minimum atomic E-state index is -4.03. The van der Waals surface area contributed by atoms with Crippen LogP contribution in [0.2, 0.25) is 0 Å². The first-order valence-corrected chi connectivity index (χ1v) is 14.3. The van der Waals surface area contributed by atoms with Crippen molar-refractivity contribution in [1.82, 2.24) is 4.31 Å². The molecule has 190 valence electrons. The zero-order valence-electron chi connectivity index (χ0n) is 20.7. The molecule has 8 nitrogen and oxygen atoms in total. The first kappa shape index (κ1) is 25.9. The number of nitrogens with zero attached hydrogens (tertiary/aromatic N) is 3. The Bertz CT molecular complexity index is 1520. The average molecular weight is 528 g/mol. The summed E-state index contributed by atoms with van der Waals surface area (Å²) in [6.45, 7) is 3.69. The summed E-state index contributed by atoms with van der Waals surface area (Å²) in [5, 5.41) is 0. The maximum Gasteiger partial charge on any atom is 0.264 e. The van der Waals surface area contributed by atoms with Crippen molar-refractivity contribution in [3.05, 3.63) is 83.4 Å². The molecule has 0 bridgehead atoms. The number of rotatable bonds is 7. The highest BCUT2D eigenvalue weighted by Crippen LogP contribution is 2.33. The maximum atomic E-state index is 13.7. The lowest BCUT2D eigenvalue weighted by molar-refractivity contribution is -0.117. The Kier molecular flexibility index (Phi) is 6.96. The second kappa shape index (κ2) is 9.68. The van der Waals surface area contributed by atoms with E-state index in [1.165, 1.54) is 37.2 Å². The number of hydrogen-bond acceptors (Lipinski definition) is 5. The lowest BCUT2D eigenvalue weighted by Crippen LogP contribution is -2.43. The molecule has 0 spiro atoms. The summed E-state index contributed by atoms with van der Waals surface area (Å²) < 4.78 is 54.7. The van der Waals surface area contributed by atoms with Crippen molar-refractivity contribution in [3.8, 4) is 0 Å². The van der Waals surface area contributed by atoms with Crippen LogP contribution in [0.1, 0.15) is 16.7 Å². The summed E-state index contributed by atoms with van der Waals surface area (Å²) in [5.41, 5.74) is 3.48. The third kappa shape index (κ3) is 4.76. The van der Waals surface area contributed by atoms with E-state index in [1.54, 1.807) is 36.4 Å². The van der Waals surface area contributed by atoms with Crippen LogP contribution in [0.4, 0.5) is 11.4 Å². The minimum absolute atomic E-state index is 0.0955. The molecule has 0 unspecified atom stereocenters. The molecular weight excluding hydrogens is 498 g/mol. The second-order valence-electron chi connectivity index (χ2n) is 8.99. The zero-order valence-corrected chi connectivity index (χ0v) is 22.3. The molecule has 0 radical (unpaired) electrons. The fraction of sp³-hybridized carbons (Fsp3) is 0.269. The molecule has 0 saturated heterocycles. The van der Waals surface area contributed by atoms with Crippen molar-refractivity contribution < 1.29 is 21.6 Å². The Morgan fingerprint density at radius 2 is 1.56 bits per heavy atom. The number of aryl methyl sites for hydroxylation is 2. The maximum absolute atomic E-state index is 13.7. The standard InChI is InChI=1S/C26H29N3O5S2/c1-19-10-12-24(20(2)16-19)29(36(33,34)22-8-6-5-7-9-22)18-26(30)28-15-14-21-17-23(11-13-25(21)28)35(31,32)27(3)4/h5-13,16-17H,14-15,18H2,1-4H3. The van der Waals surface area contributed by atoms with Gasteiger partial charge in [0.1, 0.15) is 6.54 Å². The van der Waals surface area contributed by atoms with Crippen molar-refractivity contribution in [2.24, 2.45) is 0 Å². The highest BCUT2D eigenvalue weighted by Gasteiger charge is 2.33. The Labute approximate surface area is 212 Å². The number of amides is 1. The van der Waals surface area contributed by atoms with Crippen LogP contribution in [-0.4, -0.2) is 54.2 Å². The molecule has 0 saturated carbocycles. The fourth-order valence-electron chi connectivity index (χ4n) is 4.32. The molecule has 1 aliphatic heterocycles. The Hall–Kier alpha value is -3.21. The topological polar surface area (TPSA) is 95.1 Å². The molecule has 1 aliphatic rings. The van der Waals surface area contributed by atoms with Gasteiger partial charge in [0, 0.05) is 26.3 Å². The summed E-state index contributed by atoms with van der Waals surface area (Å²) in [6, 6.07) is 18.1. The van der Waals surface area contributed by atoms with E-state index in [9.17, 15) is 21.6 Å². The summed E-state index contributed by atoms with van der Waals surface area (Å²) in [4.78, 5) is 15.3. The summed E-state index contributed by atoms with van der Waals surface area (Å²) in [7, 11) is -4.70. The molecule has 1 heterocycles. The number of benzene rings is 3. The minimum Gasteiger partial charge on any atom is -0.310 e. The van der Waals surface area contributed by atoms with Gasteiger partial charge in [0.05, 0.1) is 15.5 Å². The quantitative estimate of drug-likeness (QED) is 0.470. The van der Waals surface area contributed by atoms with Gasteiger partial charge in [0.2, 0.25) is 15.9 Å². The van der Waals surface area contributed by atoms with Gasteiger partial charge < -0.3 is 4.90 Å². The SMILES string of the molecule is Cc1ccc(N(CC(=O)N2CCc3cc(S(=O)(=O)N(C)C)ccc32)S(=O)(=O)c2ccccc2)c(C)c1. The number of fused-ring (bicyclic) bond motifs is 1. The van der Waals surface area contributed by atoms with Gasteiger partial charge in [-0.15, -0.1) is 0 Å². The monoisotopic (exact) mass is 527 g/mol. The van der Waals surface area contributed by atoms with E-state index in [2.05, 4.69) is 0 Å². The van der Waals surface area contributed by atoms with Crippen LogP contribution < -0.4 is 9.21 Å². The van der Waals surface area contributed by atoms with Crippen molar-refractivity contribution in [1.29, 1.82) is 0 Å². The van der Waals surface area contributed by atoms with E-state index in [0.29, 0.717) is 24.3 Å². The normalized spacial score (nSPS) is 13.6. The molecule has 0 N–H and O–H groups in total. The van der Waals surface area contributed by atoms with Crippen molar-refractivity contribution >= 4 is 37.3 Å². The number of carbonyl (C=O) groups excluding carboxylic acids is 1. The largest absolute Gasteiger partial charge is 0.310 e. The van der Waals surface area contributed by atoms with E-state index in [-0.39, 0.29) is 9.79 Å². The molecule has 10 heteroatoms. The Morgan fingerprint density at radius 3 is 2.19 bits per heavy atom. The predicted molar refractivity (Wildman–Crippen MR) is 140 cm³/mol. The van der Waals surface area contributed by atoms with Gasteiger partial charge in [0.15, 0.2) is 0 Å². The molecule has 0 aliphatic carbocycles. The molecule has 3 aromatic carbocycles. The van der Waals surface area contributed by atoms with Crippen molar-refractivity contribution in [2.45, 2.75) is 30.1 Å². The zero-order chi connectivity index (χ0) is 26.3. The van der Waals surface area contributed by atoms with Gasteiger partial charge in [-0.05, 0) is 67.8 Å². The summed E-state index contributed by atoms with van der Waals surface area (Å²) in [6.07, 6.45) is 0.479. The van der Waals surface area contributed by atoms with Crippen LogP contribution in [0.15, 0.2) is 76.5 Å².